The van der Waals surface area contributed by atoms with Crippen LogP contribution in [0.3, 0.4) is 0 Å². The Labute approximate surface area is 134 Å². The Morgan fingerprint density at radius 1 is 1.32 bits per heavy atom. The molecule has 0 amide bonds. The summed E-state index contributed by atoms with van der Waals surface area (Å²) in [6, 6.07) is -0.548. The van der Waals surface area contributed by atoms with Gasteiger partial charge in [-0.25, -0.2) is 4.79 Å². The molecule has 1 atom stereocenters. The zero-order chi connectivity index (χ0) is 16.4. The molecule has 0 aliphatic carbocycles. The van der Waals surface area contributed by atoms with Crippen molar-refractivity contribution in [1.29, 1.82) is 0 Å². The summed E-state index contributed by atoms with van der Waals surface area (Å²) in [4.78, 5) is 11.2. The normalized spacial score (nSPS) is 13.3. The van der Waals surface area contributed by atoms with Crippen LogP contribution in [0.5, 0.6) is 0 Å². The predicted molar refractivity (Wildman–Crippen MR) is 72.2 cm³/mol. The molecule has 1 aromatic carbocycles. The topological polar surface area (TPSA) is 52.3 Å². The average molecular weight is 368 g/mol. The third-order valence-corrected chi connectivity index (χ3v) is 2.94. The summed E-state index contributed by atoms with van der Waals surface area (Å²) in [5, 5.41) is -0.403. The highest BCUT2D eigenvalue weighted by molar-refractivity contribution is 6.31. The second-order valence-corrected chi connectivity index (χ2v) is 4.46. The van der Waals surface area contributed by atoms with E-state index in [-0.39, 0.29) is 19.0 Å². The molecule has 0 aliphatic heterocycles. The van der Waals surface area contributed by atoms with Crippen LogP contribution in [0.2, 0.25) is 5.02 Å². The highest BCUT2D eigenvalue weighted by Crippen LogP contribution is 2.38. The molecule has 0 radical (unpaired) electrons. The number of carbonyl (C=O) groups is 1. The van der Waals surface area contributed by atoms with E-state index in [0.717, 1.165) is 6.07 Å². The molecule has 0 heterocycles. The lowest BCUT2D eigenvalue weighted by molar-refractivity contribution is -0.174. The lowest BCUT2D eigenvalue weighted by Gasteiger charge is -2.23. The fourth-order valence-corrected chi connectivity index (χ4v) is 1.74. The van der Waals surface area contributed by atoms with Gasteiger partial charge < -0.3 is 10.5 Å². The number of alkyl halides is 5. The van der Waals surface area contributed by atoms with E-state index in [9.17, 15) is 26.7 Å². The quantitative estimate of drug-likeness (QED) is 0.646. The zero-order valence-corrected chi connectivity index (χ0v) is 12.7. The van der Waals surface area contributed by atoms with Crippen molar-refractivity contribution >= 4 is 30.0 Å². The predicted octanol–water partition coefficient (Wildman–Crippen LogP) is 3.98. The van der Waals surface area contributed by atoms with Gasteiger partial charge in [-0.2, -0.15) is 22.0 Å². The van der Waals surface area contributed by atoms with Crippen LogP contribution in [-0.2, 0) is 15.7 Å². The van der Waals surface area contributed by atoms with Gasteiger partial charge in [-0.3, -0.25) is 0 Å². The van der Waals surface area contributed by atoms with E-state index in [4.69, 9.17) is 17.3 Å². The molecule has 0 bridgehead atoms. The van der Waals surface area contributed by atoms with Crippen molar-refractivity contribution in [3.63, 3.8) is 0 Å². The van der Waals surface area contributed by atoms with E-state index in [1.54, 1.807) is 0 Å². The molecule has 0 aliphatic rings. The highest BCUT2D eigenvalue weighted by atomic mass is 35.5. The SMILES string of the molecule is CCOC(=O)C(F)(F)[C@@H](N)c1cc(C(F)(F)F)ccc1Cl.Cl. The molecule has 1 aromatic rings. The molecule has 22 heavy (non-hydrogen) atoms. The summed E-state index contributed by atoms with van der Waals surface area (Å²) >= 11 is 5.60. The number of rotatable bonds is 4. The van der Waals surface area contributed by atoms with Crippen LogP contribution in [0.25, 0.3) is 0 Å². The van der Waals surface area contributed by atoms with Crippen molar-refractivity contribution in [3.8, 4) is 0 Å². The molecule has 0 spiro atoms. The van der Waals surface area contributed by atoms with Crippen LogP contribution in [0, 0.1) is 0 Å². The van der Waals surface area contributed by atoms with Gasteiger partial charge in [-0.15, -0.1) is 12.4 Å². The Morgan fingerprint density at radius 3 is 2.32 bits per heavy atom. The fourth-order valence-electron chi connectivity index (χ4n) is 1.51. The Bertz CT molecular complexity index is 537. The van der Waals surface area contributed by atoms with E-state index >= 15 is 0 Å². The second-order valence-electron chi connectivity index (χ2n) is 4.06. The Kier molecular flexibility index (Phi) is 7.05. The first-order valence-electron chi connectivity index (χ1n) is 5.69. The van der Waals surface area contributed by atoms with E-state index < -0.39 is 40.3 Å². The van der Waals surface area contributed by atoms with Gasteiger partial charge in [0.25, 0.3) is 0 Å². The molecule has 126 valence electrons. The first kappa shape index (κ1) is 20.9. The molecule has 0 saturated carbocycles. The summed E-state index contributed by atoms with van der Waals surface area (Å²) in [7, 11) is 0. The van der Waals surface area contributed by atoms with Crippen molar-refractivity contribution in [1.82, 2.24) is 0 Å². The molecular weight excluding hydrogens is 356 g/mol. The minimum Gasteiger partial charge on any atom is -0.462 e. The van der Waals surface area contributed by atoms with Gasteiger partial charge in [0.15, 0.2) is 0 Å². The number of hydrogen-bond donors (Lipinski definition) is 1. The number of benzene rings is 1. The van der Waals surface area contributed by atoms with Crippen LogP contribution in [0.4, 0.5) is 22.0 Å². The maximum atomic E-state index is 13.8. The minimum atomic E-state index is -4.75. The van der Waals surface area contributed by atoms with Gasteiger partial charge in [-0.05, 0) is 30.7 Å². The molecule has 2 N–H and O–H groups in total. The van der Waals surface area contributed by atoms with Crippen molar-refractivity contribution < 1.29 is 31.5 Å². The van der Waals surface area contributed by atoms with E-state index in [2.05, 4.69) is 4.74 Å². The molecule has 0 fully saturated rings. The fraction of sp³-hybridized carbons (Fsp3) is 0.417. The molecular formula is C12H12Cl2F5NO2. The van der Waals surface area contributed by atoms with Gasteiger partial charge in [0, 0.05) is 5.02 Å². The number of esters is 1. The highest BCUT2D eigenvalue weighted by Gasteiger charge is 2.48. The zero-order valence-electron chi connectivity index (χ0n) is 11.1. The second kappa shape index (κ2) is 7.43. The van der Waals surface area contributed by atoms with Crippen molar-refractivity contribution in [2.45, 2.75) is 25.1 Å². The number of halogens is 7. The number of carbonyl (C=O) groups excluding carboxylic acids is 1. The molecule has 10 heteroatoms. The van der Waals surface area contributed by atoms with Crippen LogP contribution in [0.15, 0.2) is 18.2 Å². The molecule has 3 nitrogen and oxygen atoms in total. The van der Waals surface area contributed by atoms with Gasteiger partial charge in [0.05, 0.1) is 12.2 Å². The van der Waals surface area contributed by atoms with Crippen molar-refractivity contribution in [2.75, 3.05) is 6.61 Å². The Morgan fingerprint density at radius 2 is 1.86 bits per heavy atom. The summed E-state index contributed by atoms with van der Waals surface area (Å²) < 4.78 is 69.4. The van der Waals surface area contributed by atoms with E-state index in [0.29, 0.717) is 12.1 Å². The largest absolute Gasteiger partial charge is 0.462 e. The first-order valence-corrected chi connectivity index (χ1v) is 6.06. The van der Waals surface area contributed by atoms with Gasteiger partial charge >= 0.3 is 18.1 Å². The lowest BCUT2D eigenvalue weighted by atomic mass is 9.99. The smallest absolute Gasteiger partial charge is 0.416 e. The number of hydrogen-bond acceptors (Lipinski definition) is 3. The van der Waals surface area contributed by atoms with Crippen LogP contribution in [-0.4, -0.2) is 18.5 Å². The standard InChI is InChI=1S/C12H11ClF5NO2.ClH/c1-2-21-10(20)11(14,15)9(19)7-5-6(12(16,17)18)3-4-8(7)13;/h3-5,9H,2,19H2,1H3;1H/t9-;/m0./s1. The maximum Gasteiger partial charge on any atom is 0.416 e. The van der Waals surface area contributed by atoms with E-state index in [1.165, 1.54) is 6.92 Å². The molecule has 0 saturated heterocycles. The van der Waals surface area contributed by atoms with Crippen LogP contribution >= 0.6 is 24.0 Å². The molecule has 0 aromatic heterocycles. The minimum absolute atomic E-state index is 0. The van der Waals surface area contributed by atoms with Crippen LogP contribution < -0.4 is 5.73 Å². The summed E-state index contributed by atoms with van der Waals surface area (Å²) in [5.74, 6) is -6.13. The first-order chi connectivity index (χ1) is 9.51. The van der Waals surface area contributed by atoms with Crippen molar-refractivity contribution in [2.24, 2.45) is 5.73 Å². The summed E-state index contributed by atoms with van der Waals surface area (Å²) in [6.45, 7) is 0.980. The van der Waals surface area contributed by atoms with Crippen LogP contribution in [0.1, 0.15) is 24.1 Å². The van der Waals surface area contributed by atoms with Crippen molar-refractivity contribution in [3.05, 3.63) is 34.3 Å². The van der Waals surface area contributed by atoms with Gasteiger partial charge in [0.2, 0.25) is 0 Å². The third kappa shape index (κ3) is 4.44. The number of nitrogens with two attached hydrogens (primary N) is 1. The molecule has 1 rings (SSSR count). The monoisotopic (exact) mass is 367 g/mol. The maximum absolute atomic E-state index is 13.8. The molecule has 0 unspecified atom stereocenters. The Balaban J connectivity index is 0.00000441. The van der Waals surface area contributed by atoms with Gasteiger partial charge in [-0.1, -0.05) is 11.6 Å². The summed E-state index contributed by atoms with van der Waals surface area (Å²) in [5.41, 5.74) is 3.33. The number of ether oxygens (including phenoxy) is 1. The average Bonchev–Trinajstić information content (AvgIpc) is 2.37. The van der Waals surface area contributed by atoms with E-state index in [1.807, 2.05) is 0 Å². The Hall–Kier alpha value is -1.12. The lowest BCUT2D eigenvalue weighted by Crippen LogP contribution is -2.42. The van der Waals surface area contributed by atoms with Gasteiger partial charge in [0.1, 0.15) is 6.04 Å². The third-order valence-electron chi connectivity index (χ3n) is 2.60. The summed E-state index contributed by atoms with van der Waals surface area (Å²) in [6.07, 6.45) is -4.75.